The first-order valence-corrected chi connectivity index (χ1v) is 10.2. The van der Waals surface area contributed by atoms with Crippen LogP contribution in [0.4, 0.5) is 0 Å². The number of nitrogens with zero attached hydrogens (tertiary/aromatic N) is 3. The highest BCUT2D eigenvalue weighted by molar-refractivity contribution is 9.11. The third-order valence-corrected chi connectivity index (χ3v) is 7.57. The maximum Gasteiger partial charge on any atom is 0.145 e. The number of hydrogen-bond acceptors (Lipinski definition) is 4. The Kier molecular flexibility index (Phi) is 3.26. The summed E-state index contributed by atoms with van der Waals surface area (Å²) in [6.45, 7) is 0. The second-order valence-electron chi connectivity index (χ2n) is 7.36. The maximum absolute atomic E-state index is 10.1. The summed E-state index contributed by atoms with van der Waals surface area (Å²) in [5.74, 6) is 2.93. The van der Waals surface area contributed by atoms with Crippen molar-refractivity contribution in [2.24, 2.45) is 0 Å². The summed E-state index contributed by atoms with van der Waals surface area (Å²) in [6.07, 6.45) is 7.65. The van der Waals surface area contributed by atoms with Gasteiger partial charge in [-0.3, -0.25) is 0 Å². The van der Waals surface area contributed by atoms with E-state index in [1.807, 2.05) is 0 Å². The lowest BCUT2D eigenvalue weighted by Crippen LogP contribution is -2.47. The Morgan fingerprint density at radius 3 is 2.48 bits per heavy atom. The van der Waals surface area contributed by atoms with Gasteiger partial charge in [-0.15, -0.1) is 21.5 Å². The van der Waals surface area contributed by atoms with Crippen molar-refractivity contribution in [3.8, 4) is 0 Å². The third kappa shape index (κ3) is 2.18. The van der Waals surface area contributed by atoms with Crippen molar-refractivity contribution in [2.45, 2.75) is 68.4 Å². The van der Waals surface area contributed by atoms with Crippen LogP contribution in [0.3, 0.4) is 0 Å². The quantitative estimate of drug-likeness (QED) is 0.848. The first kappa shape index (κ1) is 14.6. The monoisotopic (exact) mass is 393 g/mol. The predicted molar refractivity (Wildman–Crippen MR) is 92.9 cm³/mol. The third-order valence-electron chi connectivity index (χ3n) is 5.75. The van der Waals surface area contributed by atoms with Gasteiger partial charge in [0.1, 0.15) is 11.6 Å². The zero-order chi connectivity index (χ0) is 15.6. The van der Waals surface area contributed by atoms with Crippen molar-refractivity contribution >= 4 is 27.3 Å². The minimum absolute atomic E-state index is 0.131. The molecule has 0 aliphatic heterocycles. The molecule has 1 N–H and O–H groups in total. The molecule has 3 saturated carbocycles. The van der Waals surface area contributed by atoms with Crippen molar-refractivity contribution in [3.63, 3.8) is 0 Å². The highest BCUT2D eigenvalue weighted by Gasteiger charge is 2.52. The minimum Gasteiger partial charge on any atom is -0.393 e. The number of halogens is 1. The number of aliphatic hydroxyl groups excluding tert-OH is 1. The molecule has 6 heteroatoms. The Morgan fingerprint density at radius 1 is 1.17 bits per heavy atom. The van der Waals surface area contributed by atoms with Crippen LogP contribution < -0.4 is 0 Å². The molecule has 0 aromatic carbocycles. The zero-order valence-corrected chi connectivity index (χ0v) is 15.3. The first-order valence-electron chi connectivity index (χ1n) is 8.56. The Bertz CT molecular complexity index is 741. The van der Waals surface area contributed by atoms with Crippen LogP contribution in [-0.4, -0.2) is 26.0 Å². The Hall–Kier alpha value is -0.720. The Labute approximate surface area is 148 Å². The van der Waals surface area contributed by atoms with E-state index >= 15 is 0 Å². The van der Waals surface area contributed by atoms with Crippen LogP contribution in [0.5, 0.6) is 0 Å². The van der Waals surface area contributed by atoms with Gasteiger partial charge in [0.15, 0.2) is 0 Å². The van der Waals surface area contributed by atoms with Gasteiger partial charge in [0, 0.05) is 16.8 Å². The van der Waals surface area contributed by atoms with Crippen LogP contribution >= 0.6 is 27.3 Å². The van der Waals surface area contributed by atoms with Crippen LogP contribution in [0.2, 0.25) is 0 Å². The molecule has 2 heterocycles. The molecular formula is C17H20BrN3OS. The average molecular weight is 394 g/mol. The second-order valence-corrected chi connectivity index (χ2v) is 9.82. The highest BCUT2D eigenvalue weighted by atomic mass is 79.9. The van der Waals surface area contributed by atoms with Crippen LogP contribution in [0, 0.1) is 0 Å². The molecule has 0 unspecified atom stereocenters. The van der Waals surface area contributed by atoms with Gasteiger partial charge < -0.3 is 9.67 Å². The maximum atomic E-state index is 10.1. The lowest BCUT2D eigenvalue weighted by Gasteiger charge is -2.44. The van der Waals surface area contributed by atoms with Crippen LogP contribution in [0.25, 0.3) is 0 Å². The molecule has 0 atom stereocenters. The van der Waals surface area contributed by atoms with Crippen molar-refractivity contribution in [3.05, 3.63) is 32.4 Å². The molecule has 0 saturated heterocycles. The number of rotatable bonds is 4. The number of thiophene rings is 1. The highest BCUT2D eigenvalue weighted by Crippen LogP contribution is 2.54. The van der Waals surface area contributed by atoms with E-state index in [9.17, 15) is 5.11 Å². The summed E-state index contributed by atoms with van der Waals surface area (Å²) in [6, 6.07) is 4.89. The fourth-order valence-corrected chi connectivity index (χ4v) is 5.67. The van der Waals surface area contributed by atoms with E-state index in [1.165, 1.54) is 42.8 Å². The molecule has 0 bridgehead atoms. The molecule has 2 aromatic rings. The van der Waals surface area contributed by atoms with Crippen molar-refractivity contribution in [1.29, 1.82) is 0 Å². The fraction of sp³-hybridized carbons (Fsp3) is 0.647. The summed E-state index contributed by atoms with van der Waals surface area (Å²) in [5, 5.41) is 19.4. The molecule has 0 spiro atoms. The molecule has 3 aliphatic rings. The molecule has 0 radical (unpaired) electrons. The smallest absolute Gasteiger partial charge is 0.145 e. The molecule has 4 nitrogen and oxygen atoms in total. The van der Waals surface area contributed by atoms with Crippen LogP contribution in [0.15, 0.2) is 15.9 Å². The van der Waals surface area contributed by atoms with E-state index in [1.54, 1.807) is 11.3 Å². The van der Waals surface area contributed by atoms with E-state index in [2.05, 4.69) is 42.8 Å². The van der Waals surface area contributed by atoms with Gasteiger partial charge in [0.2, 0.25) is 0 Å². The summed E-state index contributed by atoms with van der Waals surface area (Å²) in [4.78, 5) is 1.31. The largest absolute Gasteiger partial charge is 0.393 e. The molecule has 5 rings (SSSR count). The lowest BCUT2D eigenvalue weighted by molar-refractivity contribution is 0.0333. The van der Waals surface area contributed by atoms with E-state index in [4.69, 9.17) is 0 Å². The van der Waals surface area contributed by atoms with E-state index < -0.39 is 0 Å². The van der Waals surface area contributed by atoms with Gasteiger partial charge in [-0.1, -0.05) is 6.42 Å². The zero-order valence-electron chi connectivity index (χ0n) is 12.9. The van der Waals surface area contributed by atoms with Crippen LogP contribution in [0.1, 0.15) is 73.4 Å². The SMILES string of the molecule is O[C@H]1C[C@](c2ccc(Br)s2)(c2nnc(C3CCC3)n2C2CC2)C1. The van der Waals surface area contributed by atoms with Crippen molar-refractivity contribution in [1.82, 2.24) is 14.8 Å². The van der Waals surface area contributed by atoms with Crippen LogP contribution in [-0.2, 0) is 5.41 Å². The summed E-state index contributed by atoms with van der Waals surface area (Å²) in [5.41, 5.74) is -0.131. The Morgan fingerprint density at radius 2 is 1.96 bits per heavy atom. The van der Waals surface area contributed by atoms with Crippen molar-refractivity contribution < 1.29 is 5.11 Å². The number of aliphatic hydroxyl groups is 1. The van der Waals surface area contributed by atoms with Gasteiger partial charge >= 0.3 is 0 Å². The standard InChI is InChI=1S/C17H20BrN3OS/c18-14-7-6-13(23-14)17(8-12(22)9-17)16-20-19-15(10-2-1-3-10)21(16)11-4-5-11/h6-7,10-12,22H,1-5,8-9H2/t12-,17-. The van der Waals surface area contributed by atoms with E-state index in [-0.39, 0.29) is 11.5 Å². The van der Waals surface area contributed by atoms with E-state index in [0.717, 1.165) is 22.5 Å². The lowest BCUT2D eigenvalue weighted by atomic mass is 9.65. The predicted octanol–water partition coefficient (Wildman–Crippen LogP) is 4.15. The fourth-order valence-electron chi connectivity index (χ4n) is 4.08. The minimum atomic E-state index is -0.215. The van der Waals surface area contributed by atoms with Gasteiger partial charge in [-0.2, -0.15) is 0 Å². The summed E-state index contributed by atoms with van der Waals surface area (Å²) in [7, 11) is 0. The topological polar surface area (TPSA) is 50.9 Å². The van der Waals surface area contributed by atoms with Gasteiger partial charge in [-0.05, 0) is 66.6 Å². The van der Waals surface area contributed by atoms with Gasteiger partial charge in [-0.25, -0.2) is 0 Å². The summed E-state index contributed by atoms with van der Waals surface area (Å²) >= 11 is 5.36. The van der Waals surface area contributed by atoms with E-state index in [0.29, 0.717) is 12.0 Å². The molecule has 3 aliphatic carbocycles. The molecule has 0 amide bonds. The molecule has 122 valence electrons. The normalized spacial score (nSPS) is 31.0. The second kappa shape index (κ2) is 5.14. The Balaban J connectivity index is 1.62. The number of aromatic nitrogens is 3. The number of hydrogen-bond donors (Lipinski definition) is 1. The molecule has 3 fully saturated rings. The molecule has 2 aromatic heterocycles. The molecular weight excluding hydrogens is 374 g/mol. The molecule has 23 heavy (non-hydrogen) atoms. The first-order chi connectivity index (χ1) is 11.2. The van der Waals surface area contributed by atoms with Crippen molar-refractivity contribution in [2.75, 3.05) is 0 Å². The van der Waals surface area contributed by atoms with Gasteiger partial charge in [0.05, 0.1) is 15.3 Å². The summed E-state index contributed by atoms with van der Waals surface area (Å²) < 4.78 is 3.61. The van der Waals surface area contributed by atoms with Gasteiger partial charge in [0.25, 0.3) is 0 Å². The average Bonchev–Trinajstić information content (AvgIpc) is 3.04.